The monoisotopic (exact) mass is 298 g/mol. The molecule has 7 heteroatoms. The minimum atomic E-state index is -0.451. The third kappa shape index (κ3) is 4.22. The standard InChI is InChI=1S/C14H22N2O5/c1-4-5-6-15(7-8-17)11-9-13(20-2)14(21-3)10-12(11)16(18)19/h9-10,17H,4-8H2,1-3H3. The topological polar surface area (TPSA) is 85.1 Å². The molecular weight excluding hydrogens is 276 g/mol. The first-order chi connectivity index (χ1) is 10.1. The highest BCUT2D eigenvalue weighted by atomic mass is 16.6. The number of unbranched alkanes of at least 4 members (excludes halogenated alkanes) is 1. The van der Waals surface area contributed by atoms with Gasteiger partial charge in [-0.1, -0.05) is 13.3 Å². The summed E-state index contributed by atoms with van der Waals surface area (Å²) in [6.45, 7) is 2.93. The van der Waals surface area contributed by atoms with Gasteiger partial charge in [0.1, 0.15) is 5.69 Å². The molecule has 0 saturated carbocycles. The molecule has 118 valence electrons. The van der Waals surface area contributed by atoms with E-state index in [1.165, 1.54) is 20.3 Å². The number of hydrogen-bond donors (Lipinski definition) is 1. The lowest BCUT2D eigenvalue weighted by atomic mass is 10.2. The zero-order valence-corrected chi connectivity index (χ0v) is 12.7. The minimum absolute atomic E-state index is 0.0581. The molecule has 0 spiro atoms. The fourth-order valence-electron chi connectivity index (χ4n) is 2.08. The van der Waals surface area contributed by atoms with Crippen LogP contribution in [0.3, 0.4) is 0 Å². The van der Waals surface area contributed by atoms with Gasteiger partial charge in [0.25, 0.3) is 5.69 Å². The summed E-state index contributed by atoms with van der Waals surface area (Å²) in [7, 11) is 2.92. The van der Waals surface area contributed by atoms with E-state index in [2.05, 4.69) is 0 Å². The van der Waals surface area contributed by atoms with Crippen molar-refractivity contribution in [3.05, 3.63) is 22.2 Å². The van der Waals surface area contributed by atoms with E-state index in [0.717, 1.165) is 12.8 Å². The van der Waals surface area contributed by atoms with Gasteiger partial charge in [-0.25, -0.2) is 0 Å². The summed E-state index contributed by atoms with van der Waals surface area (Å²) < 4.78 is 10.3. The van der Waals surface area contributed by atoms with Crippen molar-refractivity contribution in [2.45, 2.75) is 19.8 Å². The zero-order valence-electron chi connectivity index (χ0n) is 12.7. The molecule has 0 aromatic heterocycles. The second kappa shape index (κ2) is 8.31. The molecule has 0 atom stereocenters. The van der Waals surface area contributed by atoms with Gasteiger partial charge in [0.05, 0.1) is 31.8 Å². The van der Waals surface area contributed by atoms with E-state index in [1.54, 1.807) is 11.0 Å². The molecule has 1 aromatic carbocycles. The number of benzene rings is 1. The Bertz CT molecular complexity index is 479. The maximum absolute atomic E-state index is 11.3. The molecule has 0 aliphatic heterocycles. The van der Waals surface area contributed by atoms with Crippen LogP contribution in [0.25, 0.3) is 0 Å². The largest absolute Gasteiger partial charge is 0.493 e. The van der Waals surface area contributed by atoms with Crippen molar-refractivity contribution < 1.29 is 19.5 Å². The molecule has 0 fully saturated rings. The van der Waals surface area contributed by atoms with Gasteiger partial charge in [0.2, 0.25) is 0 Å². The summed E-state index contributed by atoms with van der Waals surface area (Å²) in [4.78, 5) is 12.6. The van der Waals surface area contributed by atoms with E-state index >= 15 is 0 Å². The molecule has 0 radical (unpaired) electrons. The lowest BCUT2D eigenvalue weighted by Crippen LogP contribution is -2.28. The van der Waals surface area contributed by atoms with Crippen molar-refractivity contribution in [1.29, 1.82) is 0 Å². The Morgan fingerprint density at radius 2 is 1.86 bits per heavy atom. The highest BCUT2D eigenvalue weighted by Gasteiger charge is 2.23. The number of aliphatic hydroxyl groups is 1. The van der Waals surface area contributed by atoms with Gasteiger partial charge in [-0.3, -0.25) is 10.1 Å². The summed E-state index contributed by atoms with van der Waals surface area (Å²) in [6.07, 6.45) is 1.84. The second-order valence-electron chi connectivity index (χ2n) is 4.52. The van der Waals surface area contributed by atoms with E-state index in [0.29, 0.717) is 30.3 Å². The average molecular weight is 298 g/mol. The molecule has 0 heterocycles. The van der Waals surface area contributed by atoms with E-state index in [1.807, 2.05) is 6.92 Å². The van der Waals surface area contributed by atoms with Crippen LogP contribution in [0.2, 0.25) is 0 Å². The van der Waals surface area contributed by atoms with Gasteiger partial charge >= 0.3 is 0 Å². The first-order valence-electron chi connectivity index (χ1n) is 6.85. The Labute approximate surface area is 124 Å². The van der Waals surface area contributed by atoms with Gasteiger partial charge in [-0.15, -0.1) is 0 Å². The van der Waals surface area contributed by atoms with Crippen LogP contribution in [0.15, 0.2) is 12.1 Å². The Morgan fingerprint density at radius 1 is 1.24 bits per heavy atom. The molecule has 1 rings (SSSR count). The summed E-state index contributed by atoms with van der Waals surface area (Å²) in [5, 5.41) is 20.5. The lowest BCUT2D eigenvalue weighted by Gasteiger charge is -2.24. The van der Waals surface area contributed by atoms with Gasteiger partial charge in [-0.05, 0) is 6.42 Å². The predicted molar refractivity (Wildman–Crippen MR) is 80.4 cm³/mol. The van der Waals surface area contributed by atoms with Crippen LogP contribution in [0.5, 0.6) is 11.5 Å². The first-order valence-corrected chi connectivity index (χ1v) is 6.85. The predicted octanol–water partition coefficient (Wildman–Crippen LogP) is 2.21. The van der Waals surface area contributed by atoms with Crippen LogP contribution in [0, 0.1) is 10.1 Å². The quantitative estimate of drug-likeness (QED) is 0.556. The van der Waals surface area contributed by atoms with Gasteiger partial charge in [0.15, 0.2) is 11.5 Å². The molecule has 21 heavy (non-hydrogen) atoms. The fraction of sp³-hybridized carbons (Fsp3) is 0.571. The van der Waals surface area contributed by atoms with Crippen LogP contribution in [0.4, 0.5) is 11.4 Å². The van der Waals surface area contributed by atoms with Crippen molar-refractivity contribution in [2.75, 3.05) is 38.8 Å². The number of nitro benzene ring substituents is 1. The Morgan fingerprint density at radius 3 is 2.33 bits per heavy atom. The highest BCUT2D eigenvalue weighted by Crippen LogP contribution is 2.39. The molecule has 1 aromatic rings. The molecule has 1 N–H and O–H groups in total. The molecule has 7 nitrogen and oxygen atoms in total. The Hall–Kier alpha value is -2.02. The van der Waals surface area contributed by atoms with E-state index in [9.17, 15) is 15.2 Å². The van der Waals surface area contributed by atoms with Crippen molar-refractivity contribution >= 4 is 11.4 Å². The Kier molecular flexibility index (Phi) is 6.74. The maximum atomic E-state index is 11.3. The van der Waals surface area contributed by atoms with E-state index in [-0.39, 0.29) is 12.3 Å². The van der Waals surface area contributed by atoms with Gasteiger partial charge in [-0.2, -0.15) is 0 Å². The number of rotatable bonds is 9. The highest BCUT2D eigenvalue weighted by molar-refractivity contribution is 5.69. The smallest absolute Gasteiger partial charge is 0.296 e. The normalized spacial score (nSPS) is 10.3. The van der Waals surface area contributed by atoms with Crippen molar-refractivity contribution in [1.82, 2.24) is 0 Å². The number of aliphatic hydroxyl groups excluding tert-OH is 1. The van der Waals surface area contributed by atoms with E-state index < -0.39 is 4.92 Å². The molecule has 0 aliphatic rings. The number of anilines is 1. The molecule has 0 saturated heterocycles. The zero-order chi connectivity index (χ0) is 15.8. The van der Waals surface area contributed by atoms with Crippen molar-refractivity contribution in [3.63, 3.8) is 0 Å². The van der Waals surface area contributed by atoms with Crippen molar-refractivity contribution in [3.8, 4) is 11.5 Å². The average Bonchev–Trinajstić information content (AvgIpc) is 2.49. The minimum Gasteiger partial charge on any atom is -0.493 e. The first kappa shape index (κ1) is 17.0. The summed E-state index contributed by atoms with van der Waals surface area (Å²) in [5.74, 6) is 0.741. The summed E-state index contributed by atoms with van der Waals surface area (Å²) in [6, 6.07) is 2.94. The number of methoxy groups -OCH3 is 2. The molecular formula is C14H22N2O5. The van der Waals surface area contributed by atoms with Gasteiger partial charge in [0, 0.05) is 19.2 Å². The fourth-order valence-corrected chi connectivity index (χ4v) is 2.08. The Balaban J connectivity index is 3.30. The van der Waals surface area contributed by atoms with Gasteiger partial charge < -0.3 is 19.5 Å². The maximum Gasteiger partial charge on any atom is 0.296 e. The third-order valence-electron chi connectivity index (χ3n) is 3.17. The van der Waals surface area contributed by atoms with Crippen LogP contribution < -0.4 is 14.4 Å². The second-order valence-corrected chi connectivity index (χ2v) is 4.52. The SMILES string of the molecule is CCCCN(CCO)c1cc(OC)c(OC)cc1[N+](=O)[O-]. The summed E-state index contributed by atoms with van der Waals surface area (Å²) >= 11 is 0. The van der Waals surface area contributed by atoms with Crippen LogP contribution in [-0.4, -0.2) is 43.9 Å². The lowest BCUT2D eigenvalue weighted by molar-refractivity contribution is -0.384. The third-order valence-corrected chi connectivity index (χ3v) is 3.17. The molecule has 0 bridgehead atoms. The number of nitro groups is 1. The van der Waals surface area contributed by atoms with Crippen LogP contribution in [-0.2, 0) is 0 Å². The summed E-state index contributed by atoms with van der Waals surface area (Å²) in [5.41, 5.74) is 0.373. The molecule has 0 amide bonds. The number of ether oxygens (including phenoxy) is 2. The molecule has 0 unspecified atom stereocenters. The van der Waals surface area contributed by atoms with Crippen LogP contribution >= 0.6 is 0 Å². The van der Waals surface area contributed by atoms with Crippen LogP contribution in [0.1, 0.15) is 19.8 Å². The number of hydrogen-bond acceptors (Lipinski definition) is 6. The van der Waals surface area contributed by atoms with E-state index in [4.69, 9.17) is 9.47 Å². The number of nitrogens with zero attached hydrogens (tertiary/aromatic N) is 2. The van der Waals surface area contributed by atoms with Crippen molar-refractivity contribution in [2.24, 2.45) is 0 Å². The molecule has 0 aliphatic carbocycles.